The number of ether oxygens (including phenoxy) is 1. The Hall–Kier alpha value is -1.53. The fraction of sp³-hybridized carbons (Fsp3) is 0.462. The lowest BCUT2D eigenvalue weighted by Crippen LogP contribution is -2.41. The van der Waals surface area contributed by atoms with E-state index in [-0.39, 0.29) is 5.59 Å². The number of carbonyl (C=O) groups is 1. The average molecular weight is 263 g/mol. The van der Waals surface area contributed by atoms with Gasteiger partial charge in [-0.25, -0.2) is 4.79 Å². The maximum Gasteiger partial charge on any atom is 0.506 e. The van der Waals surface area contributed by atoms with E-state index in [2.05, 4.69) is 0 Å². The van der Waals surface area contributed by atoms with Crippen molar-refractivity contribution in [2.24, 2.45) is 0 Å². The van der Waals surface area contributed by atoms with Crippen molar-refractivity contribution >= 4 is 24.9 Å². The molecule has 6 heteroatoms. The standard InChI is InChI=1S/C13H18BNO4/c1-13(2,3)19-12(16)15-10-7-5-4-6-9(10)8-11(15)14(17)18/h5,7-8,17-18H,4,6H2,1-3H3. The Bertz CT molecular complexity index is 525. The molecule has 0 unspecified atom stereocenters. The highest BCUT2D eigenvalue weighted by Gasteiger charge is 2.29. The molecule has 0 aromatic carbocycles. The average Bonchev–Trinajstić information content (AvgIpc) is 2.65. The fourth-order valence-corrected chi connectivity index (χ4v) is 2.12. The molecule has 102 valence electrons. The zero-order valence-electron chi connectivity index (χ0n) is 11.4. The molecule has 1 aromatic heterocycles. The Morgan fingerprint density at radius 2 is 2.11 bits per heavy atom. The van der Waals surface area contributed by atoms with Crippen LogP contribution in [0.3, 0.4) is 0 Å². The summed E-state index contributed by atoms with van der Waals surface area (Å²) in [5.74, 6) is 0. The zero-order valence-corrected chi connectivity index (χ0v) is 11.4. The van der Waals surface area contributed by atoms with Gasteiger partial charge in [-0.2, -0.15) is 0 Å². The first-order valence-corrected chi connectivity index (χ1v) is 6.30. The van der Waals surface area contributed by atoms with Gasteiger partial charge in [0.15, 0.2) is 0 Å². The molecule has 1 aliphatic rings. The molecule has 5 nitrogen and oxygen atoms in total. The highest BCUT2D eigenvalue weighted by atomic mass is 16.6. The molecule has 0 saturated heterocycles. The van der Waals surface area contributed by atoms with E-state index >= 15 is 0 Å². The van der Waals surface area contributed by atoms with E-state index in [0.29, 0.717) is 5.69 Å². The van der Waals surface area contributed by atoms with Gasteiger partial charge in [0.1, 0.15) is 5.60 Å². The van der Waals surface area contributed by atoms with Crippen LogP contribution in [-0.4, -0.2) is 33.4 Å². The number of nitrogens with zero attached hydrogens (tertiary/aromatic N) is 1. The summed E-state index contributed by atoms with van der Waals surface area (Å²) in [4.78, 5) is 12.2. The minimum absolute atomic E-state index is 0.144. The maximum atomic E-state index is 12.2. The molecule has 1 aromatic rings. The molecule has 19 heavy (non-hydrogen) atoms. The molecular formula is C13H18BNO4. The second kappa shape index (κ2) is 4.87. The van der Waals surface area contributed by atoms with Crippen LogP contribution in [0.1, 0.15) is 38.4 Å². The SMILES string of the molecule is CC(C)(C)OC(=O)n1c(B(O)O)cc2c1C=CCC2. The van der Waals surface area contributed by atoms with Crippen LogP contribution < -0.4 is 5.59 Å². The lowest BCUT2D eigenvalue weighted by Gasteiger charge is -2.21. The number of rotatable bonds is 1. The third-order valence-electron chi connectivity index (χ3n) is 2.85. The van der Waals surface area contributed by atoms with Crippen LogP contribution in [0, 0.1) is 0 Å². The number of allylic oxidation sites excluding steroid dienone is 1. The Kier molecular flexibility index (Phi) is 3.56. The molecular weight excluding hydrogens is 245 g/mol. The molecule has 0 amide bonds. The number of hydrogen-bond acceptors (Lipinski definition) is 4. The Balaban J connectivity index is 2.46. The molecule has 2 N–H and O–H groups in total. The summed E-state index contributed by atoms with van der Waals surface area (Å²) < 4.78 is 6.54. The second-order valence-corrected chi connectivity index (χ2v) is 5.61. The molecule has 0 atom stereocenters. The van der Waals surface area contributed by atoms with Crippen molar-refractivity contribution in [1.29, 1.82) is 0 Å². The second-order valence-electron chi connectivity index (χ2n) is 5.61. The third kappa shape index (κ3) is 2.90. The Morgan fingerprint density at radius 1 is 1.42 bits per heavy atom. The van der Waals surface area contributed by atoms with E-state index in [1.807, 2.05) is 12.2 Å². The van der Waals surface area contributed by atoms with Crippen LogP contribution in [0.2, 0.25) is 0 Å². The Morgan fingerprint density at radius 3 is 2.68 bits per heavy atom. The topological polar surface area (TPSA) is 71.7 Å². The molecule has 0 spiro atoms. The van der Waals surface area contributed by atoms with Gasteiger partial charge in [0, 0.05) is 0 Å². The Labute approximate surface area is 112 Å². The zero-order chi connectivity index (χ0) is 14.2. The van der Waals surface area contributed by atoms with Crippen molar-refractivity contribution in [3.8, 4) is 0 Å². The predicted octanol–water partition coefficient (Wildman–Crippen LogP) is 0.910. The molecule has 0 aliphatic heterocycles. The summed E-state index contributed by atoms with van der Waals surface area (Å²) in [6.45, 7) is 5.31. The molecule has 0 saturated carbocycles. The summed E-state index contributed by atoms with van der Waals surface area (Å²) in [5, 5.41) is 18.8. The van der Waals surface area contributed by atoms with Crippen molar-refractivity contribution in [2.75, 3.05) is 0 Å². The molecule has 2 rings (SSSR count). The van der Waals surface area contributed by atoms with Crippen LogP contribution in [0.15, 0.2) is 12.1 Å². The van der Waals surface area contributed by atoms with E-state index in [1.165, 1.54) is 4.57 Å². The van der Waals surface area contributed by atoms with E-state index in [9.17, 15) is 14.8 Å². The number of carbonyl (C=O) groups excluding carboxylic acids is 1. The number of hydrogen-bond donors (Lipinski definition) is 2. The lowest BCUT2D eigenvalue weighted by atomic mass is 9.85. The van der Waals surface area contributed by atoms with Gasteiger partial charge in [-0.3, -0.25) is 4.57 Å². The van der Waals surface area contributed by atoms with Crippen molar-refractivity contribution in [3.05, 3.63) is 23.4 Å². The first-order chi connectivity index (χ1) is 8.79. The van der Waals surface area contributed by atoms with Crippen molar-refractivity contribution in [3.63, 3.8) is 0 Å². The predicted molar refractivity (Wildman–Crippen MR) is 73.2 cm³/mol. The highest BCUT2D eigenvalue weighted by Crippen LogP contribution is 2.21. The van der Waals surface area contributed by atoms with Gasteiger partial charge in [0.2, 0.25) is 0 Å². The maximum absolute atomic E-state index is 12.2. The first-order valence-electron chi connectivity index (χ1n) is 6.30. The normalized spacial score (nSPS) is 14.2. The fourth-order valence-electron chi connectivity index (χ4n) is 2.12. The van der Waals surface area contributed by atoms with Crippen LogP contribution in [-0.2, 0) is 11.2 Å². The van der Waals surface area contributed by atoms with Crippen LogP contribution in [0.4, 0.5) is 4.79 Å². The summed E-state index contributed by atoms with van der Waals surface area (Å²) in [5.41, 5.74) is 1.11. The molecule has 0 radical (unpaired) electrons. The highest BCUT2D eigenvalue weighted by molar-refractivity contribution is 6.58. The van der Waals surface area contributed by atoms with E-state index in [1.54, 1.807) is 26.8 Å². The molecule has 0 bridgehead atoms. The largest absolute Gasteiger partial charge is 0.506 e. The number of fused-ring (bicyclic) bond motifs is 1. The van der Waals surface area contributed by atoms with Crippen LogP contribution in [0.5, 0.6) is 0 Å². The first kappa shape index (κ1) is 13.9. The van der Waals surface area contributed by atoms with E-state index in [0.717, 1.165) is 18.4 Å². The van der Waals surface area contributed by atoms with Gasteiger partial charge in [0.05, 0.1) is 11.3 Å². The summed E-state index contributed by atoms with van der Waals surface area (Å²) in [7, 11) is -1.70. The van der Waals surface area contributed by atoms with Crippen LogP contribution in [0.25, 0.3) is 6.08 Å². The van der Waals surface area contributed by atoms with Crippen molar-refractivity contribution in [2.45, 2.75) is 39.2 Å². The minimum atomic E-state index is -1.70. The quantitative estimate of drug-likeness (QED) is 0.739. The van der Waals surface area contributed by atoms with Gasteiger partial charge < -0.3 is 14.8 Å². The summed E-state index contributed by atoms with van der Waals surface area (Å²) in [6, 6.07) is 1.65. The molecule has 1 aliphatic carbocycles. The number of aryl methyl sites for hydroxylation is 1. The summed E-state index contributed by atoms with van der Waals surface area (Å²) in [6.07, 6.45) is 4.84. The van der Waals surface area contributed by atoms with Crippen molar-refractivity contribution in [1.82, 2.24) is 4.57 Å². The monoisotopic (exact) mass is 263 g/mol. The third-order valence-corrected chi connectivity index (χ3v) is 2.85. The van der Waals surface area contributed by atoms with Crippen LogP contribution >= 0.6 is 0 Å². The summed E-state index contributed by atoms with van der Waals surface area (Å²) >= 11 is 0. The van der Waals surface area contributed by atoms with Gasteiger partial charge in [-0.05, 0) is 51.3 Å². The number of aromatic nitrogens is 1. The van der Waals surface area contributed by atoms with Gasteiger partial charge >= 0.3 is 13.2 Å². The van der Waals surface area contributed by atoms with E-state index < -0.39 is 18.8 Å². The van der Waals surface area contributed by atoms with Gasteiger partial charge in [-0.1, -0.05) is 6.08 Å². The van der Waals surface area contributed by atoms with Crippen molar-refractivity contribution < 1.29 is 19.6 Å². The minimum Gasteiger partial charge on any atom is -0.443 e. The molecule has 1 heterocycles. The van der Waals surface area contributed by atoms with E-state index in [4.69, 9.17) is 4.74 Å². The smallest absolute Gasteiger partial charge is 0.443 e. The lowest BCUT2D eigenvalue weighted by molar-refractivity contribution is 0.0539. The van der Waals surface area contributed by atoms with Gasteiger partial charge in [0.25, 0.3) is 0 Å². The van der Waals surface area contributed by atoms with Gasteiger partial charge in [-0.15, -0.1) is 0 Å². The molecule has 0 fully saturated rings.